The molecule has 0 aliphatic carbocycles. The van der Waals surface area contributed by atoms with Crippen molar-refractivity contribution in [2.45, 2.75) is 51.2 Å². The second kappa shape index (κ2) is 6.64. The highest BCUT2D eigenvalue weighted by Crippen LogP contribution is 2.25. The van der Waals surface area contributed by atoms with Crippen LogP contribution in [-0.4, -0.2) is 29.0 Å². The summed E-state index contributed by atoms with van der Waals surface area (Å²) < 4.78 is 9.90. The Morgan fingerprint density at radius 3 is 1.76 bits per heavy atom. The van der Waals surface area contributed by atoms with Crippen LogP contribution in [0.5, 0.6) is 0 Å². The number of allylic oxidation sites excluding steroid dienone is 1. The van der Waals surface area contributed by atoms with Crippen LogP contribution in [-0.2, 0) is 19.1 Å². The molecule has 0 bridgehead atoms. The summed E-state index contributed by atoms with van der Waals surface area (Å²) in [4.78, 5) is 21.7. The van der Waals surface area contributed by atoms with Gasteiger partial charge in [0.25, 0.3) is 0 Å². The predicted octanol–water partition coefficient (Wildman–Crippen LogP) is 2.44. The molecular formula is C12H19ClO4. The molecule has 0 fully saturated rings. The fraction of sp³-hybridized carbons (Fsp3) is 0.667. The second-order valence-corrected chi connectivity index (χ2v) is 4.85. The summed E-state index contributed by atoms with van der Waals surface area (Å²) >= 11 is 6.01. The molecule has 0 aliphatic heterocycles. The van der Waals surface area contributed by atoms with Crippen LogP contribution in [0.3, 0.4) is 0 Å². The van der Waals surface area contributed by atoms with Crippen LogP contribution in [0.25, 0.3) is 0 Å². The predicted molar refractivity (Wildman–Crippen MR) is 65.9 cm³/mol. The van der Waals surface area contributed by atoms with Crippen molar-refractivity contribution in [3.8, 4) is 0 Å². The molecule has 5 heteroatoms. The Morgan fingerprint density at radius 2 is 1.53 bits per heavy atom. The highest BCUT2D eigenvalue weighted by Gasteiger charge is 2.47. The third-order valence-electron chi connectivity index (χ3n) is 1.76. The molecule has 0 saturated carbocycles. The number of esters is 2. The zero-order valence-corrected chi connectivity index (χ0v) is 11.4. The Bertz CT molecular complexity index is 275. The van der Waals surface area contributed by atoms with Gasteiger partial charge in [-0.1, -0.05) is 17.7 Å². The maximum atomic E-state index is 11.8. The van der Waals surface area contributed by atoms with E-state index in [2.05, 4.69) is 6.58 Å². The minimum atomic E-state index is -1.84. The summed E-state index contributed by atoms with van der Waals surface area (Å²) in [5, 5.41) is 0. The van der Waals surface area contributed by atoms with Gasteiger partial charge in [-0.3, -0.25) is 0 Å². The average molecular weight is 263 g/mol. The van der Waals surface area contributed by atoms with Gasteiger partial charge in [-0.15, -0.1) is 6.58 Å². The number of carbonyl (C=O) groups excluding carboxylic acids is 2. The summed E-state index contributed by atoms with van der Waals surface area (Å²) in [6, 6.07) is 0. The van der Waals surface area contributed by atoms with Gasteiger partial charge < -0.3 is 9.47 Å². The molecule has 0 unspecified atom stereocenters. The summed E-state index contributed by atoms with van der Waals surface area (Å²) in [6.07, 6.45) is 0.650. The van der Waals surface area contributed by atoms with Gasteiger partial charge in [0.1, 0.15) is 0 Å². The summed E-state index contributed by atoms with van der Waals surface area (Å²) in [5.74, 6) is -1.61. The zero-order chi connectivity index (χ0) is 13.6. The van der Waals surface area contributed by atoms with Gasteiger partial charge in [0, 0.05) is 6.42 Å². The molecule has 98 valence electrons. The lowest BCUT2D eigenvalue weighted by molar-refractivity contribution is -0.163. The second-order valence-electron chi connectivity index (χ2n) is 4.20. The first-order chi connectivity index (χ1) is 7.74. The number of halogens is 1. The van der Waals surface area contributed by atoms with E-state index >= 15 is 0 Å². The first-order valence-corrected chi connectivity index (χ1v) is 5.83. The zero-order valence-electron chi connectivity index (χ0n) is 10.7. The van der Waals surface area contributed by atoms with Gasteiger partial charge in [-0.25, -0.2) is 9.59 Å². The van der Waals surface area contributed by atoms with E-state index in [1.807, 2.05) is 0 Å². The SMILES string of the molecule is C=CCC(Cl)(C(=O)OC(C)C)C(=O)OC(C)C. The monoisotopic (exact) mass is 262 g/mol. The Hall–Kier alpha value is -1.03. The lowest BCUT2D eigenvalue weighted by Crippen LogP contribution is -2.45. The number of alkyl halides is 1. The van der Waals surface area contributed by atoms with Gasteiger partial charge in [-0.05, 0) is 27.7 Å². The lowest BCUT2D eigenvalue weighted by Gasteiger charge is -2.24. The van der Waals surface area contributed by atoms with Gasteiger partial charge >= 0.3 is 11.9 Å². The number of hydrogen-bond acceptors (Lipinski definition) is 4. The molecule has 0 rings (SSSR count). The molecule has 0 aromatic rings. The first kappa shape index (κ1) is 16.0. The van der Waals surface area contributed by atoms with Gasteiger partial charge in [0.2, 0.25) is 4.87 Å². The molecule has 0 aliphatic rings. The molecule has 0 saturated heterocycles. The van der Waals surface area contributed by atoms with E-state index in [0.717, 1.165) is 0 Å². The fourth-order valence-electron chi connectivity index (χ4n) is 1.06. The van der Waals surface area contributed by atoms with E-state index in [1.54, 1.807) is 27.7 Å². The molecule has 0 atom stereocenters. The normalized spacial score (nSPS) is 11.5. The number of ether oxygens (including phenoxy) is 2. The number of rotatable bonds is 6. The van der Waals surface area contributed by atoms with Crippen molar-refractivity contribution >= 4 is 23.5 Å². The Morgan fingerprint density at radius 1 is 1.18 bits per heavy atom. The van der Waals surface area contributed by atoms with Crippen LogP contribution in [0.1, 0.15) is 34.1 Å². The van der Waals surface area contributed by atoms with Gasteiger partial charge in [-0.2, -0.15) is 0 Å². The molecule has 0 spiro atoms. The molecule has 0 radical (unpaired) electrons. The molecule has 0 amide bonds. The Balaban J connectivity index is 4.94. The van der Waals surface area contributed by atoms with Crippen molar-refractivity contribution in [1.29, 1.82) is 0 Å². The van der Waals surface area contributed by atoms with Crippen molar-refractivity contribution in [3.63, 3.8) is 0 Å². The van der Waals surface area contributed by atoms with Crippen LogP contribution in [0, 0.1) is 0 Å². The van der Waals surface area contributed by atoms with Crippen LogP contribution in [0.2, 0.25) is 0 Å². The van der Waals surface area contributed by atoms with E-state index in [4.69, 9.17) is 21.1 Å². The summed E-state index contributed by atoms with van der Waals surface area (Å²) in [7, 11) is 0. The van der Waals surface area contributed by atoms with E-state index in [1.165, 1.54) is 6.08 Å². The largest absolute Gasteiger partial charge is 0.461 e. The van der Waals surface area contributed by atoms with E-state index < -0.39 is 16.8 Å². The quantitative estimate of drug-likeness (QED) is 0.319. The summed E-state index contributed by atoms with van der Waals surface area (Å²) in [5.41, 5.74) is 0. The van der Waals surface area contributed by atoms with E-state index in [9.17, 15) is 9.59 Å². The molecule has 0 heterocycles. The van der Waals surface area contributed by atoms with E-state index in [-0.39, 0.29) is 18.6 Å². The lowest BCUT2D eigenvalue weighted by atomic mass is 10.1. The third-order valence-corrected chi connectivity index (χ3v) is 2.22. The minimum Gasteiger partial charge on any atom is -0.461 e. The first-order valence-electron chi connectivity index (χ1n) is 5.46. The highest BCUT2D eigenvalue weighted by atomic mass is 35.5. The fourth-order valence-corrected chi connectivity index (χ4v) is 1.26. The number of hydrogen-bond donors (Lipinski definition) is 0. The van der Waals surface area contributed by atoms with Gasteiger partial charge in [0.05, 0.1) is 12.2 Å². The van der Waals surface area contributed by atoms with Crippen molar-refractivity contribution in [3.05, 3.63) is 12.7 Å². The molecule has 17 heavy (non-hydrogen) atoms. The molecular weight excluding hydrogens is 244 g/mol. The Kier molecular flexibility index (Phi) is 6.24. The van der Waals surface area contributed by atoms with Gasteiger partial charge in [0.15, 0.2) is 0 Å². The molecule has 0 aromatic heterocycles. The van der Waals surface area contributed by atoms with Crippen LogP contribution in [0.15, 0.2) is 12.7 Å². The highest BCUT2D eigenvalue weighted by molar-refractivity contribution is 6.44. The maximum absolute atomic E-state index is 11.8. The third kappa shape index (κ3) is 4.77. The van der Waals surface area contributed by atoms with Crippen LogP contribution in [0.4, 0.5) is 0 Å². The maximum Gasteiger partial charge on any atom is 0.339 e. The molecule has 0 aromatic carbocycles. The smallest absolute Gasteiger partial charge is 0.339 e. The minimum absolute atomic E-state index is 0.0360. The average Bonchev–Trinajstić information content (AvgIpc) is 2.15. The van der Waals surface area contributed by atoms with Crippen molar-refractivity contribution < 1.29 is 19.1 Å². The molecule has 4 nitrogen and oxygen atoms in total. The number of carbonyl (C=O) groups is 2. The summed E-state index contributed by atoms with van der Waals surface area (Å²) in [6.45, 7) is 10.2. The Labute approximate surface area is 107 Å². The van der Waals surface area contributed by atoms with Crippen molar-refractivity contribution in [2.24, 2.45) is 0 Å². The van der Waals surface area contributed by atoms with E-state index in [0.29, 0.717) is 0 Å². The van der Waals surface area contributed by atoms with Crippen molar-refractivity contribution in [1.82, 2.24) is 0 Å². The standard InChI is InChI=1S/C12H19ClO4/c1-6-7-12(13,10(14)16-8(2)3)11(15)17-9(4)5/h6,8-9H,1,7H2,2-5H3. The van der Waals surface area contributed by atoms with Crippen LogP contribution < -0.4 is 0 Å². The topological polar surface area (TPSA) is 52.6 Å². The van der Waals surface area contributed by atoms with Crippen LogP contribution >= 0.6 is 11.6 Å². The molecule has 0 N–H and O–H groups in total. The van der Waals surface area contributed by atoms with Crippen molar-refractivity contribution in [2.75, 3.05) is 0 Å².